The number of hydrogen-bond donors (Lipinski definition) is 2. The number of benzene rings is 2. The molecule has 2 aromatic rings. The van der Waals surface area contributed by atoms with Crippen molar-refractivity contribution in [2.24, 2.45) is 0 Å². The van der Waals surface area contributed by atoms with Gasteiger partial charge in [-0.25, -0.2) is 4.79 Å². The Labute approximate surface area is 130 Å². The third kappa shape index (κ3) is 4.11. The highest BCUT2D eigenvalue weighted by molar-refractivity contribution is 14.1. The summed E-state index contributed by atoms with van der Waals surface area (Å²) >= 11 is 8.20. The Morgan fingerprint density at radius 1 is 1.11 bits per heavy atom. The van der Waals surface area contributed by atoms with E-state index in [0.29, 0.717) is 11.6 Å². The van der Waals surface area contributed by atoms with Crippen LogP contribution < -0.4 is 10.6 Å². The summed E-state index contributed by atoms with van der Waals surface area (Å²) in [6.07, 6.45) is 0. The zero-order valence-corrected chi connectivity index (χ0v) is 12.9. The molecule has 5 heteroatoms. The van der Waals surface area contributed by atoms with E-state index in [9.17, 15) is 4.79 Å². The van der Waals surface area contributed by atoms with Gasteiger partial charge in [-0.05, 0) is 46.4 Å². The molecule has 0 heterocycles. The molecule has 0 spiro atoms. The molecule has 0 aliphatic heterocycles. The topological polar surface area (TPSA) is 41.1 Å². The van der Waals surface area contributed by atoms with Gasteiger partial charge in [0.05, 0.1) is 5.69 Å². The molecule has 0 fully saturated rings. The largest absolute Gasteiger partial charge is 0.334 e. The van der Waals surface area contributed by atoms with Crippen LogP contribution in [0.4, 0.5) is 10.5 Å². The number of anilines is 1. The van der Waals surface area contributed by atoms with Gasteiger partial charge in [-0.15, -0.1) is 0 Å². The predicted molar refractivity (Wildman–Crippen MR) is 86.5 cm³/mol. The Balaban J connectivity index is 1.92. The van der Waals surface area contributed by atoms with E-state index in [4.69, 9.17) is 11.6 Å². The fourth-order valence-electron chi connectivity index (χ4n) is 1.55. The normalized spacial score (nSPS) is 10.0. The summed E-state index contributed by atoms with van der Waals surface area (Å²) in [7, 11) is 0. The summed E-state index contributed by atoms with van der Waals surface area (Å²) in [5.74, 6) is 0. The van der Waals surface area contributed by atoms with Gasteiger partial charge >= 0.3 is 6.03 Å². The van der Waals surface area contributed by atoms with Crippen LogP contribution >= 0.6 is 34.2 Å². The highest BCUT2D eigenvalue weighted by Crippen LogP contribution is 2.17. The summed E-state index contributed by atoms with van der Waals surface area (Å²) in [4.78, 5) is 11.8. The minimum absolute atomic E-state index is 0.246. The minimum atomic E-state index is -0.246. The van der Waals surface area contributed by atoms with Crippen molar-refractivity contribution in [3.05, 3.63) is 62.7 Å². The maximum absolute atomic E-state index is 11.8. The van der Waals surface area contributed by atoms with Crippen molar-refractivity contribution in [1.29, 1.82) is 0 Å². The van der Waals surface area contributed by atoms with Crippen LogP contribution in [0, 0.1) is 3.57 Å². The average Bonchev–Trinajstić information content (AvgIpc) is 2.40. The second-order valence-electron chi connectivity index (χ2n) is 3.88. The first-order chi connectivity index (χ1) is 9.16. The van der Waals surface area contributed by atoms with Gasteiger partial charge in [-0.3, -0.25) is 0 Å². The maximum Gasteiger partial charge on any atom is 0.319 e. The summed E-state index contributed by atoms with van der Waals surface area (Å²) < 4.78 is 0.994. The monoisotopic (exact) mass is 386 g/mol. The van der Waals surface area contributed by atoms with Crippen molar-refractivity contribution in [2.75, 3.05) is 5.32 Å². The van der Waals surface area contributed by atoms with Gasteiger partial charge in [0, 0.05) is 15.1 Å². The Hall–Kier alpha value is -1.27. The number of hydrogen-bond acceptors (Lipinski definition) is 1. The lowest BCUT2D eigenvalue weighted by atomic mass is 10.2. The number of para-hydroxylation sites is 1. The van der Waals surface area contributed by atoms with Crippen LogP contribution in [0.2, 0.25) is 5.02 Å². The molecular formula is C14H12ClIN2O. The summed E-state index contributed by atoms with van der Waals surface area (Å²) in [6, 6.07) is 14.8. The molecule has 2 N–H and O–H groups in total. The molecular weight excluding hydrogens is 375 g/mol. The first-order valence-corrected chi connectivity index (χ1v) is 7.15. The molecule has 19 heavy (non-hydrogen) atoms. The first kappa shape index (κ1) is 14.1. The van der Waals surface area contributed by atoms with Gasteiger partial charge < -0.3 is 10.6 Å². The van der Waals surface area contributed by atoms with Crippen LogP contribution in [0.3, 0.4) is 0 Å². The first-order valence-electron chi connectivity index (χ1n) is 5.69. The molecule has 0 unspecified atom stereocenters. The number of amides is 2. The van der Waals surface area contributed by atoms with Gasteiger partial charge in [0.15, 0.2) is 0 Å². The molecule has 3 nitrogen and oxygen atoms in total. The number of carbonyl (C=O) groups is 1. The maximum atomic E-state index is 11.8. The van der Waals surface area contributed by atoms with Crippen LogP contribution in [-0.2, 0) is 6.54 Å². The van der Waals surface area contributed by atoms with Gasteiger partial charge in [-0.2, -0.15) is 0 Å². The smallest absolute Gasteiger partial charge is 0.319 e. The highest BCUT2D eigenvalue weighted by atomic mass is 127. The molecule has 2 amide bonds. The Morgan fingerprint density at radius 3 is 2.53 bits per heavy atom. The molecule has 0 saturated carbocycles. The van der Waals surface area contributed by atoms with E-state index in [2.05, 4.69) is 33.2 Å². The van der Waals surface area contributed by atoms with Gasteiger partial charge in [0.2, 0.25) is 0 Å². The Morgan fingerprint density at radius 2 is 1.79 bits per heavy atom. The Kier molecular flexibility index (Phi) is 5.04. The van der Waals surface area contributed by atoms with Crippen molar-refractivity contribution in [2.45, 2.75) is 6.54 Å². The van der Waals surface area contributed by atoms with E-state index in [1.54, 1.807) is 6.07 Å². The molecule has 98 valence electrons. The highest BCUT2D eigenvalue weighted by Gasteiger charge is 2.05. The fourth-order valence-corrected chi connectivity index (χ4v) is 2.27. The van der Waals surface area contributed by atoms with Crippen LogP contribution in [0.1, 0.15) is 5.56 Å². The van der Waals surface area contributed by atoms with Crippen molar-refractivity contribution in [3.63, 3.8) is 0 Å². The number of rotatable bonds is 3. The summed E-state index contributed by atoms with van der Waals surface area (Å²) in [5.41, 5.74) is 1.68. The Bertz CT molecular complexity index is 589. The third-order valence-corrected chi connectivity index (χ3v) is 3.83. The molecule has 0 radical (unpaired) electrons. The van der Waals surface area contributed by atoms with E-state index in [-0.39, 0.29) is 6.03 Å². The zero-order valence-electron chi connectivity index (χ0n) is 9.99. The van der Waals surface area contributed by atoms with Crippen LogP contribution in [-0.4, -0.2) is 6.03 Å². The molecule has 0 aliphatic carbocycles. The van der Waals surface area contributed by atoms with Crippen molar-refractivity contribution < 1.29 is 4.79 Å². The number of urea groups is 1. The van der Waals surface area contributed by atoms with Crippen molar-refractivity contribution >= 4 is 45.9 Å². The molecule has 2 rings (SSSR count). The molecule has 0 bridgehead atoms. The van der Waals surface area contributed by atoms with E-state index in [0.717, 1.165) is 14.8 Å². The molecule has 0 aromatic heterocycles. The standard InChI is InChI=1S/C14H12ClIN2O/c15-11-6-2-1-5-10(11)9-17-14(19)18-13-8-4-3-7-12(13)16/h1-8H,9H2,(H2,17,18,19). The van der Waals surface area contributed by atoms with Gasteiger partial charge in [0.1, 0.15) is 0 Å². The molecule has 2 aromatic carbocycles. The van der Waals surface area contributed by atoms with E-state index < -0.39 is 0 Å². The number of halogens is 2. The lowest BCUT2D eigenvalue weighted by Gasteiger charge is -2.09. The lowest BCUT2D eigenvalue weighted by molar-refractivity contribution is 0.251. The van der Waals surface area contributed by atoms with E-state index in [1.165, 1.54) is 0 Å². The third-order valence-electron chi connectivity index (χ3n) is 2.52. The quantitative estimate of drug-likeness (QED) is 0.760. The van der Waals surface area contributed by atoms with E-state index in [1.807, 2.05) is 42.5 Å². The molecule has 0 aliphatic rings. The molecule has 0 atom stereocenters. The van der Waals surface area contributed by atoms with Gasteiger partial charge in [-0.1, -0.05) is 41.9 Å². The molecule has 0 saturated heterocycles. The van der Waals surface area contributed by atoms with Gasteiger partial charge in [0.25, 0.3) is 0 Å². The van der Waals surface area contributed by atoms with Crippen LogP contribution in [0.15, 0.2) is 48.5 Å². The number of nitrogens with one attached hydrogen (secondary N) is 2. The SMILES string of the molecule is O=C(NCc1ccccc1Cl)Nc1ccccc1I. The second kappa shape index (κ2) is 6.77. The summed E-state index contributed by atoms with van der Waals surface area (Å²) in [5, 5.41) is 6.23. The average molecular weight is 387 g/mol. The number of carbonyl (C=O) groups excluding carboxylic acids is 1. The van der Waals surface area contributed by atoms with Crippen LogP contribution in [0.25, 0.3) is 0 Å². The van der Waals surface area contributed by atoms with Crippen LogP contribution in [0.5, 0.6) is 0 Å². The fraction of sp³-hybridized carbons (Fsp3) is 0.0714. The van der Waals surface area contributed by atoms with E-state index >= 15 is 0 Å². The second-order valence-corrected chi connectivity index (χ2v) is 5.45. The summed E-state index contributed by atoms with van der Waals surface area (Å²) in [6.45, 7) is 0.398. The van der Waals surface area contributed by atoms with Crippen molar-refractivity contribution in [1.82, 2.24) is 5.32 Å². The van der Waals surface area contributed by atoms with Crippen molar-refractivity contribution in [3.8, 4) is 0 Å². The zero-order chi connectivity index (χ0) is 13.7. The lowest BCUT2D eigenvalue weighted by Crippen LogP contribution is -2.28. The minimum Gasteiger partial charge on any atom is -0.334 e. The predicted octanol–water partition coefficient (Wildman–Crippen LogP) is 4.27.